The molecule has 0 radical (unpaired) electrons. The van der Waals surface area contributed by atoms with Gasteiger partial charge in [-0.3, -0.25) is 4.79 Å². The molecule has 0 saturated heterocycles. The van der Waals surface area contributed by atoms with Crippen molar-refractivity contribution in [1.29, 1.82) is 0 Å². The van der Waals surface area contributed by atoms with E-state index in [0.29, 0.717) is 6.54 Å². The fraction of sp³-hybridized carbons (Fsp3) is 0.867. The predicted molar refractivity (Wildman–Crippen MR) is 78.0 cm³/mol. The minimum Gasteiger partial charge on any atom is -0.467 e. The van der Waals surface area contributed by atoms with E-state index in [4.69, 9.17) is 10.5 Å². The van der Waals surface area contributed by atoms with E-state index in [1.807, 2.05) is 13.8 Å². The van der Waals surface area contributed by atoms with E-state index in [1.165, 1.54) is 7.11 Å². The Morgan fingerprint density at radius 3 is 2.15 bits per heavy atom. The smallest absolute Gasteiger partial charge is 0.328 e. The van der Waals surface area contributed by atoms with Crippen molar-refractivity contribution in [3.8, 4) is 0 Å². The topological polar surface area (TPSA) is 81.4 Å². The maximum Gasteiger partial charge on any atom is 0.328 e. The Bertz CT molecular complexity index is 334. The monoisotopic (exact) mass is 284 g/mol. The van der Waals surface area contributed by atoms with Crippen molar-refractivity contribution in [2.75, 3.05) is 13.7 Å². The molecule has 1 saturated carbocycles. The summed E-state index contributed by atoms with van der Waals surface area (Å²) in [5.41, 5.74) is 5.38. The van der Waals surface area contributed by atoms with Gasteiger partial charge in [0, 0.05) is 6.54 Å². The van der Waals surface area contributed by atoms with Crippen molar-refractivity contribution in [2.45, 2.75) is 58.4 Å². The largest absolute Gasteiger partial charge is 0.467 e. The highest BCUT2D eigenvalue weighted by Gasteiger charge is 2.39. The summed E-state index contributed by atoms with van der Waals surface area (Å²) in [5, 5.41) is 2.86. The van der Waals surface area contributed by atoms with E-state index < -0.39 is 17.4 Å². The lowest BCUT2D eigenvalue weighted by molar-refractivity contribution is -0.148. The first-order chi connectivity index (χ1) is 9.46. The number of amides is 1. The van der Waals surface area contributed by atoms with Crippen molar-refractivity contribution < 1.29 is 14.3 Å². The van der Waals surface area contributed by atoms with Crippen LogP contribution in [0.1, 0.15) is 52.4 Å². The Balaban J connectivity index is 2.81. The third-order valence-corrected chi connectivity index (χ3v) is 4.34. The molecular formula is C15H28N2O3. The van der Waals surface area contributed by atoms with Crippen LogP contribution in [0.25, 0.3) is 0 Å². The van der Waals surface area contributed by atoms with Gasteiger partial charge in [0.15, 0.2) is 0 Å². The van der Waals surface area contributed by atoms with Gasteiger partial charge < -0.3 is 15.8 Å². The van der Waals surface area contributed by atoms with E-state index in [9.17, 15) is 9.59 Å². The lowest BCUT2D eigenvalue weighted by Crippen LogP contribution is -2.53. The number of ether oxygens (including phenoxy) is 1. The maximum absolute atomic E-state index is 12.6. The number of carbonyl (C=O) groups excluding carboxylic acids is 2. The van der Waals surface area contributed by atoms with Crippen LogP contribution in [0.15, 0.2) is 0 Å². The van der Waals surface area contributed by atoms with Crippen LogP contribution in [0.5, 0.6) is 0 Å². The highest BCUT2D eigenvalue weighted by molar-refractivity contribution is 5.88. The molecule has 116 valence electrons. The van der Waals surface area contributed by atoms with Crippen LogP contribution >= 0.6 is 0 Å². The molecule has 1 rings (SSSR count). The summed E-state index contributed by atoms with van der Waals surface area (Å²) in [4.78, 5) is 24.4. The highest BCUT2D eigenvalue weighted by Crippen LogP contribution is 2.34. The fourth-order valence-corrected chi connectivity index (χ4v) is 2.85. The summed E-state index contributed by atoms with van der Waals surface area (Å²) in [6.45, 7) is 4.12. The van der Waals surface area contributed by atoms with Gasteiger partial charge in [-0.1, -0.05) is 39.5 Å². The zero-order chi connectivity index (χ0) is 15.2. The number of hydrogen-bond donors (Lipinski definition) is 2. The number of rotatable bonds is 5. The zero-order valence-electron chi connectivity index (χ0n) is 12.9. The fourth-order valence-electron chi connectivity index (χ4n) is 2.85. The normalized spacial score (nSPS) is 20.1. The van der Waals surface area contributed by atoms with Gasteiger partial charge in [0.2, 0.25) is 5.91 Å². The molecule has 3 N–H and O–H groups in total. The van der Waals surface area contributed by atoms with E-state index in [2.05, 4.69) is 5.32 Å². The molecule has 0 heterocycles. The highest BCUT2D eigenvalue weighted by atomic mass is 16.5. The van der Waals surface area contributed by atoms with E-state index in [-0.39, 0.29) is 11.8 Å². The summed E-state index contributed by atoms with van der Waals surface area (Å²) < 4.78 is 4.77. The minimum atomic E-state index is -0.598. The second-order valence-electron chi connectivity index (χ2n) is 6.12. The van der Waals surface area contributed by atoms with Gasteiger partial charge in [-0.15, -0.1) is 0 Å². The molecule has 1 aliphatic carbocycles. The molecule has 0 aromatic rings. The van der Waals surface area contributed by atoms with E-state index in [0.717, 1.165) is 38.5 Å². The maximum atomic E-state index is 12.6. The molecule has 5 heteroatoms. The summed E-state index contributed by atoms with van der Waals surface area (Å²) in [7, 11) is 1.34. The van der Waals surface area contributed by atoms with Gasteiger partial charge in [0.05, 0.1) is 12.5 Å². The Hall–Kier alpha value is -1.10. The zero-order valence-corrected chi connectivity index (χ0v) is 12.9. The number of methoxy groups -OCH3 is 1. The summed E-state index contributed by atoms with van der Waals surface area (Å²) in [6, 6.07) is -0.598. The van der Waals surface area contributed by atoms with Gasteiger partial charge in [0.1, 0.15) is 6.04 Å². The molecule has 20 heavy (non-hydrogen) atoms. The number of nitrogens with one attached hydrogen (secondary N) is 1. The van der Waals surface area contributed by atoms with Crippen LogP contribution < -0.4 is 11.1 Å². The number of carbonyl (C=O) groups is 2. The first-order valence-corrected chi connectivity index (χ1v) is 7.55. The van der Waals surface area contributed by atoms with E-state index in [1.54, 1.807) is 0 Å². The molecule has 0 unspecified atom stereocenters. The molecule has 1 aliphatic rings. The van der Waals surface area contributed by atoms with Crippen LogP contribution in [0, 0.1) is 11.3 Å². The van der Waals surface area contributed by atoms with Crippen LogP contribution in [0.4, 0.5) is 0 Å². The van der Waals surface area contributed by atoms with Gasteiger partial charge >= 0.3 is 5.97 Å². The number of esters is 1. The molecule has 0 aliphatic heterocycles. The van der Waals surface area contributed by atoms with Crippen LogP contribution in [-0.2, 0) is 14.3 Å². The van der Waals surface area contributed by atoms with Crippen LogP contribution in [0.3, 0.4) is 0 Å². The van der Waals surface area contributed by atoms with Crippen LogP contribution in [0.2, 0.25) is 0 Å². The van der Waals surface area contributed by atoms with Crippen molar-refractivity contribution in [3.63, 3.8) is 0 Å². The molecule has 0 aromatic heterocycles. The standard InChI is InChI=1S/C15H28N2O3/c1-11(2)12(13(18)20-3)17-14(19)15(10-16)8-6-4-5-7-9-15/h11-12H,4-10,16H2,1-3H3,(H,17,19)/t12-/m0/s1. The van der Waals surface area contributed by atoms with Gasteiger partial charge in [0.25, 0.3) is 0 Å². The first kappa shape index (κ1) is 17.0. The Labute approximate surface area is 121 Å². The van der Waals surface area contributed by atoms with Crippen LogP contribution in [-0.4, -0.2) is 31.6 Å². The Morgan fingerprint density at radius 2 is 1.75 bits per heavy atom. The molecule has 1 atom stereocenters. The second-order valence-corrected chi connectivity index (χ2v) is 6.12. The molecule has 0 aromatic carbocycles. The molecule has 0 bridgehead atoms. The Kier molecular flexibility index (Phi) is 6.46. The third-order valence-electron chi connectivity index (χ3n) is 4.34. The predicted octanol–water partition coefficient (Wildman–Crippen LogP) is 1.60. The number of hydrogen-bond acceptors (Lipinski definition) is 4. The molecule has 1 amide bonds. The van der Waals surface area contributed by atoms with Crippen molar-refractivity contribution in [2.24, 2.45) is 17.1 Å². The SMILES string of the molecule is COC(=O)[C@@H](NC(=O)C1(CN)CCCCCC1)C(C)C. The lowest BCUT2D eigenvalue weighted by Gasteiger charge is -2.32. The van der Waals surface area contributed by atoms with Crippen molar-refractivity contribution >= 4 is 11.9 Å². The third kappa shape index (κ3) is 3.95. The summed E-state index contributed by atoms with van der Waals surface area (Å²) in [6.07, 6.45) is 5.96. The molecule has 0 spiro atoms. The van der Waals surface area contributed by atoms with Gasteiger partial charge in [-0.25, -0.2) is 4.79 Å². The molecule has 1 fully saturated rings. The molecule has 5 nitrogen and oxygen atoms in total. The number of nitrogens with two attached hydrogens (primary N) is 1. The summed E-state index contributed by atoms with van der Waals surface area (Å²) in [5.74, 6) is -0.493. The van der Waals surface area contributed by atoms with Crippen molar-refractivity contribution in [3.05, 3.63) is 0 Å². The van der Waals surface area contributed by atoms with Gasteiger partial charge in [-0.2, -0.15) is 0 Å². The average molecular weight is 284 g/mol. The second kappa shape index (κ2) is 7.62. The molecular weight excluding hydrogens is 256 g/mol. The minimum absolute atomic E-state index is 0.00741. The summed E-state index contributed by atoms with van der Waals surface area (Å²) >= 11 is 0. The van der Waals surface area contributed by atoms with Crippen molar-refractivity contribution in [1.82, 2.24) is 5.32 Å². The quantitative estimate of drug-likeness (QED) is 0.593. The average Bonchev–Trinajstić information content (AvgIpc) is 2.69. The van der Waals surface area contributed by atoms with Gasteiger partial charge in [-0.05, 0) is 18.8 Å². The first-order valence-electron chi connectivity index (χ1n) is 7.55. The lowest BCUT2D eigenvalue weighted by atomic mass is 9.79. The Morgan fingerprint density at radius 1 is 1.20 bits per heavy atom. The van der Waals surface area contributed by atoms with E-state index >= 15 is 0 Å².